The summed E-state index contributed by atoms with van der Waals surface area (Å²) in [4.78, 5) is 14.2. The molecule has 2 aromatic rings. The van der Waals surface area contributed by atoms with E-state index in [2.05, 4.69) is 21.2 Å². The topological polar surface area (TPSA) is 32.3 Å². The van der Waals surface area contributed by atoms with E-state index in [0.29, 0.717) is 5.56 Å². The Balaban J connectivity index is 2.15. The summed E-state index contributed by atoms with van der Waals surface area (Å²) in [6.45, 7) is 2.01. The fourth-order valence-electron chi connectivity index (χ4n) is 1.83. The molecule has 0 aliphatic heterocycles. The van der Waals surface area contributed by atoms with Gasteiger partial charge in [-0.2, -0.15) is 0 Å². The zero-order valence-corrected chi connectivity index (χ0v) is 13.4. The lowest BCUT2D eigenvalue weighted by Gasteiger charge is -2.13. The number of carbonyl (C=O) groups excluding carboxylic acids is 1. The van der Waals surface area contributed by atoms with Crippen molar-refractivity contribution >= 4 is 33.2 Å². The van der Waals surface area contributed by atoms with Crippen LogP contribution in [0.5, 0.6) is 0 Å². The third-order valence-corrected chi connectivity index (χ3v) is 3.67. The molecule has 0 bridgehead atoms. The minimum atomic E-state index is -0.111. The van der Waals surface area contributed by atoms with Crippen LogP contribution in [0, 0.1) is 6.92 Å². The van der Waals surface area contributed by atoms with E-state index >= 15 is 0 Å². The van der Waals surface area contributed by atoms with Gasteiger partial charge in [-0.05, 0) is 64.8 Å². The lowest BCUT2D eigenvalue weighted by molar-refractivity contribution is 0.102. The number of aryl methyl sites for hydroxylation is 1. The van der Waals surface area contributed by atoms with Crippen molar-refractivity contribution in [1.29, 1.82) is 0 Å². The Bertz CT molecular complexity index is 621. The van der Waals surface area contributed by atoms with Gasteiger partial charge in [0.15, 0.2) is 0 Å². The van der Waals surface area contributed by atoms with E-state index in [0.717, 1.165) is 21.4 Å². The summed E-state index contributed by atoms with van der Waals surface area (Å²) in [6, 6.07) is 13.4. The van der Waals surface area contributed by atoms with Crippen molar-refractivity contribution < 1.29 is 4.79 Å². The summed E-state index contributed by atoms with van der Waals surface area (Å²) < 4.78 is 0.885. The molecule has 0 atom stereocenters. The minimum Gasteiger partial charge on any atom is -0.378 e. The smallest absolute Gasteiger partial charge is 0.255 e. The zero-order chi connectivity index (χ0) is 14.7. The van der Waals surface area contributed by atoms with E-state index in [4.69, 9.17) is 0 Å². The van der Waals surface area contributed by atoms with Crippen LogP contribution in [0.3, 0.4) is 0 Å². The molecule has 0 aliphatic carbocycles. The van der Waals surface area contributed by atoms with Crippen molar-refractivity contribution in [2.24, 2.45) is 0 Å². The molecule has 2 rings (SSSR count). The molecule has 0 saturated heterocycles. The highest BCUT2D eigenvalue weighted by molar-refractivity contribution is 9.10. The van der Waals surface area contributed by atoms with Crippen LogP contribution in [0.1, 0.15) is 15.9 Å². The number of anilines is 2. The quantitative estimate of drug-likeness (QED) is 0.918. The van der Waals surface area contributed by atoms with E-state index in [9.17, 15) is 4.79 Å². The molecular formula is C16H17BrN2O. The first-order chi connectivity index (χ1) is 9.47. The molecule has 3 nitrogen and oxygen atoms in total. The Labute approximate surface area is 127 Å². The van der Waals surface area contributed by atoms with Gasteiger partial charge >= 0.3 is 0 Å². The number of halogens is 1. The van der Waals surface area contributed by atoms with Crippen LogP contribution in [-0.2, 0) is 0 Å². The molecule has 4 heteroatoms. The number of rotatable bonds is 3. The second-order valence-corrected chi connectivity index (χ2v) is 5.73. The Morgan fingerprint density at radius 3 is 2.30 bits per heavy atom. The fraction of sp³-hybridized carbons (Fsp3) is 0.188. The Hall–Kier alpha value is -1.81. The number of nitrogens with one attached hydrogen (secondary N) is 1. The second-order valence-electron chi connectivity index (χ2n) is 4.88. The molecule has 1 N–H and O–H groups in total. The fourth-order valence-corrected chi connectivity index (χ4v) is 2.42. The van der Waals surface area contributed by atoms with Gasteiger partial charge in [0, 0.05) is 29.8 Å². The van der Waals surface area contributed by atoms with Gasteiger partial charge < -0.3 is 10.2 Å². The van der Waals surface area contributed by atoms with E-state index in [1.807, 2.05) is 68.4 Å². The molecular weight excluding hydrogens is 316 g/mol. The average molecular weight is 333 g/mol. The molecule has 1 amide bonds. The van der Waals surface area contributed by atoms with Crippen LogP contribution in [0.15, 0.2) is 46.9 Å². The largest absolute Gasteiger partial charge is 0.378 e. The van der Waals surface area contributed by atoms with E-state index in [1.165, 1.54) is 0 Å². The molecule has 0 aliphatic rings. The summed E-state index contributed by atoms with van der Waals surface area (Å²) in [5.74, 6) is -0.111. The monoisotopic (exact) mass is 332 g/mol. The summed E-state index contributed by atoms with van der Waals surface area (Å²) in [6.07, 6.45) is 0. The lowest BCUT2D eigenvalue weighted by Crippen LogP contribution is -2.13. The molecule has 0 radical (unpaired) electrons. The first kappa shape index (κ1) is 14.6. The maximum absolute atomic E-state index is 12.2. The van der Waals surface area contributed by atoms with Gasteiger partial charge in [0.2, 0.25) is 0 Å². The third kappa shape index (κ3) is 3.39. The van der Waals surface area contributed by atoms with Crippen LogP contribution in [0.25, 0.3) is 0 Å². The van der Waals surface area contributed by atoms with Crippen LogP contribution in [0.2, 0.25) is 0 Å². The molecule has 0 aromatic heterocycles. The minimum absolute atomic E-state index is 0.111. The molecule has 0 fully saturated rings. The van der Waals surface area contributed by atoms with Crippen molar-refractivity contribution in [3.05, 3.63) is 58.1 Å². The van der Waals surface area contributed by atoms with Crippen molar-refractivity contribution in [2.75, 3.05) is 24.3 Å². The highest BCUT2D eigenvalue weighted by Crippen LogP contribution is 2.24. The standard InChI is InChI=1S/C16H17BrN2O/c1-11-4-9-15(14(17)10-11)18-16(20)12-5-7-13(8-6-12)19(2)3/h4-10H,1-3H3,(H,18,20). The first-order valence-corrected chi connectivity index (χ1v) is 7.11. The summed E-state index contributed by atoms with van der Waals surface area (Å²) >= 11 is 3.46. The SMILES string of the molecule is Cc1ccc(NC(=O)c2ccc(N(C)C)cc2)c(Br)c1. The average Bonchev–Trinajstić information content (AvgIpc) is 2.42. The summed E-state index contributed by atoms with van der Waals surface area (Å²) in [5.41, 5.74) is 3.63. The van der Waals surface area contributed by atoms with Gasteiger partial charge in [0.25, 0.3) is 5.91 Å². The summed E-state index contributed by atoms with van der Waals surface area (Å²) in [5, 5.41) is 2.90. The molecule has 104 valence electrons. The highest BCUT2D eigenvalue weighted by Gasteiger charge is 2.08. The predicted molar refractivity (Wildman–Crippen MR) is 87.6 cm³/mol. The summed E-state index contributed by atoms with van der Waals surface area (Å²) in [7, 11) is 3.94. The van der Waals surface area contributed by atoms with Crippen molar-refractivity contribution in [2.45, 2.75) is 6.92 Å². The molecule has 0 heterocycles. The van der Waals surface area contributed by atoms with Gasteiger partial charge in [-0.3, -0.25) is 4.79 Å². The van der Waals surface area contributed by atoms with Crippen LogP contribution >= 0.6 is 15.9 Å². The van der Waals surface area contributed by atoms with Crippen LogP contribution in [0.4, 0.5) is 11.4 Å². The maximum Gasteiger partial charge on any atom is 0.255 e. The van der Waals surface area contributed by atoms with E-state index in [-0.39, 0.29) is 5.91 Å². The normalized spacial score (nSPS) is 10.2. The molecule has 0 spiro atoms. The number of nitrogens with zero attached hydrogens (tertiary/aromatic N) is 1. The van der Waals surface area contributed by atoms with E-state index in [1.54, 1.807) is 0 Å². The Kier molecular flexibility index (Phi) is 4.45. The number of benzene rings is 2. The molecule has 0 unspecified atom stereocenters. The lowest BCUT2D eigenvalue weighted by atomic mass is 10.1. The van der Waals surface area contributed by atoms with Gasteiger partial charge in [0.1, 0.15) is 0 Å². The van der Waals surface area contributed by atoms with Gasteiger partial charge in [-0.25, -0.2) is 0 Å². The zero-order valence-electron chi connectivity index (χ0n) is 11.8. The predicted octanol–water partition coefficient (Wildman–Crippen LogP) is 4.08. The maximum atomic E-state index is 12.2. The van der Waals surface area contributed by atoms with Gasteiger partial charge in [0.05, 0.1) is 5.69 Å². The van der Waals surface area contributed by atoms with Crippen molar-refractivity contribution in [3.8, 4) is 0 Å². The van der Waals surface area contributed by atoms with Crippen molar-refractivity contribution in [1.82, 2.24) is 0 Å². The molecule has 0 saturated carbocycles. The number of amides is 1. The van der Waals surface area contributed by atoms with Crippen LogP contribution < -0.4 is 10.2 Å². The number of hydrogen-bond acceptors (Lipinski definition) is 2. The molecule has 20 heavy (non-hydrogen) atoms. The number of hydrogen-bond donors (Lipinski definition) is 1. The highest BCUT2D eigenvalue weighted by atomic mass is 79.9. The van der Waals surface area contributed by atoms with Gasteiger partial charge in [-0.1, -0.05) is 6.07 Å². The first-order valence-electron chi connectivity index (χ1n) is 6.32. The third-order valence-electron chi connectivity index (χ3n) is 3.02. The molecule has 2 aromatic carbocycles. The van der Waals surface area contributed by atoms with E-state index < -0.39 is 0 Å². The Morgan fingerprint density at radius 1 is 1.10 bits per heavy atom. The van der Waals surface area contributed by atoms with Crippen molar-refractivity contribution in [3.63, 3.8) is 0 Å². The van der Waals surface area contributed by atoms with Crippen LogP contribution in [-0.4, -0.2) is 20.0 Å². The second kappa shape index (κ2) is 6.09. The number of carbonyl (C=O) groups is 1. The Morgan fingerprint density at radius 2 is 1.75 bits per heavy atom. The van der Waals surface area contributed by atoms with Gasteiger partial charge in [-0.15, -0.1) is 0 Å².